The summed E-state index contributed by atoms with van der Waals surface area (Å²) >= 11 is 5.29. The second kappa shape index (κ2) is 8.72. The van der Waals surface area contributed by atoms with E-state index in [1.165, 1.54) is 49.8 Å². The molecule has 0 amide bonds. The maximum Gasteiger partial charge on any atom is 0.263 e. The zero-order valence-corrected chi connectivity index (χ0v) is 15.8. The van der Waals surface area contributed by atoms with Crippen LogP contribution < -0.4 is 4.74 Å². The summed E-state index contributed by atoms with van der Waals surface area (Å²) in [5.74, 6) is 2.21. The normalized spacial score (nSPS) is 20.2. The lowest BCUT2D eigenvalue weighted by atomic mass is 9.78. The predicted molar refractivity (Wildman–Crippen MR) is 105 cm³/mol. The first-order valence-electron chi connectivity index (χ1n) is 9.27. The fourth-order valence-electron chi connectivity index (χ4n) is 3.64. The van der Waals surface area contributed by atoms with Crippen molar-refractivity contribution in [3.05, 3.63) is 65.2 Å². The summed E-state index contributed by atoms with van der Waals surface area (Å²) in [6.07, 6.45) is 3.96. The van der Waals surface area contributed by atoms with Crippen LogP contribution in [0, 0.1) is 5.92 Å². The highest BCUT2D eigenvalue weighted by molar-refractivity contribution is 7.80. The Bertz CT molecular complexity index is 717. The van der Waals surface area contributed by atoms with Gasteiger partial charge in [-0.15, -0.1) is 0 Å². The van der Waals surface area contributed by atoms with E-state index >= 15 is 0 Å². The Morgan fingerprint density at radius 2 is 1.62 bits per heavy atom. The first-order valence-corrected chi connectivity index (χ1v) is 9.68. The van der Waals surface area contributed by atoms with E-state index in [9.17, 15) is 8.78 Å². The maximum absolute atomic E-state index is 12.6. The van der Waals surface area contributed by atoms with Gasteiger partial charge in [0.15, 0.2) is 5.05 Å². The van der Waals surface area contributed by atoms with Crippen LogP contribution in [0.25, 0.3) is 0 Å². The second-order valence-electron chi connectivity index (χ2n) is 7.01. The van der Waals surface area contributed by atoms with Gasteiger partial charge in [-0.25, -0.2) is 8.78 Å². The Morgan fingerprint density at radius 1 is 1.00 bits per heavy atom. The van der Waals surface area contributed by atoms with E-state index in [-0.39, 0.29) is 5.56 Å². The van der Waals surface area contributed by atoms with Gasteiger partial charge < -0.3 is 4.74 Å². The largest absolute Gasteiger partial charge is 0.445 e. The van der Waals surface area contributed by atoms with Gasteiger partial charge in [-0.3, -0.25) is 0 Å². The molecule has 2 aromatic carbocycles. The number of ether oxygens (including phenoxy) is 1. The lowest BCUT2D eigenvalue weighted by Gasteiger charge is -2.28. The van der Waals surface area contributed by atoms with E-state index in [4.69, 9.17) is 17.0 Å². The summed E-state index contributed by atoms with van der Waals surface area (Å²) in [7, 11) is 0. The number of halogens is 2. The Morgan fingerprint density at radius 3 is 2.15 bits per heavy atom. The first kappa shape index (κ1) is 19.0. The van der Waals surface area contributed by atoms with Crippen molar-refractivity contribution in [2.75, 3.05) is 0 Å². The molecule has 0 heterocycles. The van der Waals surface area contributed by atoms with Crippen molar-refractivity contribution in [1.82, 2.24) is 0 Å². The molecular formula is C22H24F2OS. The minimum absolute atomic E-state index is 0.0151. The number of hydrogen-bond donors (Lipinski definition) is 0. The summed E-state index contributed by atoms with van der Waals surface area (Å²) < 4.78 is 31.0. The zero-order valence-electron chi connectivity index (χ0n) is 15.0. The summed E-state index contributed by atoms with van der Waals surface area (Å²) in [5, 5.41) is 0.294. The van der Waals surface area contributed by atoms with Crippen LogP contribution in [0.4, 0.5) is 8.78 Å². The Balaban J connectivity index is 1.59. The third kappa shape index (κ3) is 4.67. The van der Waals surface area contributed by atoms with Crippen molar-refractivity contribution in [1.29, 1.82) is 0 Å². The molecule has 26 heavy (non-hydrogen) atoms. The highest BCUT2D eigenvalue weighted by Gasteiger charge is 2.21. The van der Waals surface area contributed by atoms with Crippen LogP contribution in [0.5, 0.6) is 5.75 Å². The molecule has 4 heteroatoms. The van der Waals surface area contributed by atoms with Crippen molar-refractivity contribution in [2.45, 2.75) is 51.4 Å². The van der Waals surface area contributed by atoms with Gasteiger partial charge in [0.1, 0.15) is 5.75 Å². The molecule has 0 atom stereocenters. The molecule has 1 fully saturated rings. The van der Waals surface area contributed by atoms with E-state index in [0.717, 1.165) is 5.92 Å². The highest BCUT2D eigenvalue weighted by Crippen LogP contribution is 2.37. The van der Waals surface area contributed by atoms with Crippen molar-refractivity contribution in [3.8, 4) is 5.75 Å². The van der Waals surface area contributed by atoms with Gasteiger partial charge in [-0.2, -0.15) is 0 Å². The highest BCUT2D eigenvalue weighted by atomic mass is 32.1. The summed E-state index contributed by atoms with van der Waals surface area (Å²) in [6, 6.07) is 14.0. The fourth-order valence-corrected chi connectivity index (χ4v) is 3.88. The molecule has 1 saturated carbocycles. The van der Waals surface area contributed by atoms with Gasteiger partial charge in [0.2, 0.25) is 0 Å². The molecular weight excluding hydrogens is 350 g/mol. The van der Waals surface area contributed by atoms with Crippen LogP contribution >= 0.6 is 12.2 Å². The van der Waals surface area contributed by atoms with Crippen molar-refractivity contribution in [2.24, 2.45) is 5.92 Å². The number of hydrogen-bond acceptors (Lipinski definition) is 2. The Kier molecular flexibility index (Phi) is 6.36. The molecule has 0 saturated heterocycles. The Hall–Kier alpha value is -1.81. The van der Waals surface area contributed by atoms with E-state index in [2.05, 4.69) is 19.1 Å². The van der Waals surface area contributed by atoms with Crippen molar-refractivity contribution >= 4 is 17.3 Å². The van der Waals surface area contributed by atoms with E-state index < -0.39 is 6.43 Å². The molecule has 0 aromatic heterocycles. The van der Waals surface area contributed by atoms with E-state index in [1.807, 2.05) is 12.1 Å². The van der Waals surface area contributed by atoms with Crippen molar-refractivity contribution in [3.63, 3.8) is 0 Å². The predicted octanol–water partition coefficient (Wildman–Crippen LogP) is 7.06. The number of benzene rings is 2. The van der Waals surface area contributed by atoms with E-state index in [1.54, 1.807) is 12.1 Å². The molecule has 0 N–H and O–H groups in total. The van der Waals surface area contributed by atoms with Gasteiger partial charge in [-0.1, -0.05) is 37.6 Å². The number of rotatable bonds is 5. The van der Waals surface area contributed by atoms with Gasteiger partial charge in [0.05, 0.1) is 0 Å². The van der Waals surface area contributed by atoms with Crippen LogP contribution in [0.1, 0.15) is 68.1 Å². The zero-order chi connectivity index (χ0) is 18.5. The topological polar surface area (TPSA) is 9.23 Å². The van der Waals surface area contributed by atoms with Gasteiger partial charge in [0, 0.05) is 11.1 Å². The van der Waals surface area contributed by atoms with Gasteiger partial charge >= 0.3 is 0 Å². The van der Waals surface area contributed by atoms with Crippen LogP contribution in [-0.4, -0.2) is 5.05 Å². The molecule has 2 aromatic rings. The molecule has 1 aliphatic rings. The number of thiocarbonyl (C=S) groups is 1. The molecule has 1 nitrogen and oxygen atoms in total. The van der Waals surface area contributed by atoms with E-state index in [0.29, 0.717) is 22.3 Å². The average molecular weight is 374 g/mol. The molecule has 138 valence electrons. The SMILES string of the molecule is CCC1CCC(c2ccc(OC(=S)c3ccc(C(F)F)cc3)cc2)CC1. The van der Waals surface area contributed by atoms with Crippen LogP contribution in [0.2, 0.25) is 0 Å². The lowest BCUT2D eigenvalue weighted by molar-refractivity contribution is 0.151. The minimum atomic E-state index is -2.47. The molecule has 0 unspecified atom stereocenters. The third-order valence-corrected chi connectivity index (χ3v) is 5.70. The quantitative estimate of drug-likeness (QED) is 0.518. The fraction of sp³-hybridized carbons (Fsp3) is 0.409. The summed E-state index contributed by atoms with van der Waals surface area (Å²) in [5.41, 5.74) is 1.98. The first-order chi connectivity index (χ1) is 12.6. The van der Waals surface area contributed by atoms with Crippen molar-refractivity contribution < 1.29 is 13.5 Å². The van der Waals surface area contributed by atoms with Crippen LogP contribution in [-0.2, 0) is 0 Å². The van der Waals surface area contributed by atoms with Gasteiger partial charge in [0.25, 0.3) is 6.43 Å². The molecule has 1 aliphatic carbocycles. The summed E-state index contributed by atoms with van der Waals surface area (Å²) in [4.78, 5) is 0. The molecule has 3 rings (SSSR count). The number of alkyl halides is 2. The Labute approximate surface area is 159 Å². The second-order valence-corrected chi connectivity index (χ2v) is 7.38. The summed E-state index contributed by atoms with van der Waals surface area (Å²) in [6.45, 7) is 2.28. The molecule has 0 spiro atoms. The average Bonchev–Trinajstić information content (AvgIpc) is 2.68. The third-order valence-electron chi connectivity index (χ3n) is 5.38. The monoisotopic (exact) mass is 374 g/mol. The molecule has 0 radical (unpaired) electrons. The van der Waals surface area contributed by atoms with Gasteiger partial charge in [-0.05, 0) is 79.6 Å². The molecule has 0 bridgehead atoms. The standard InChI is InChI=1S/C22H24F2OS/c1-2-15-3-5-16(6-4-15)17-11-13-20(14-12-17)25-22(26)19-9-7-18(8-10-19)21(23)24/h7-16,21H,2-6H2,1H3. The minimum Gasteiger partial charge on any atom is -0.445 e. The van der Waals surface area contributed by atoms with Crippen LogP contribution in [0.3, 0.4) is 0 Å². The molecule has 0 aliphatic heterocycles. The lowest BCUT2D eigenvalue weighted by Crippen LogP contribution is -2.12. The smallest absolute Gasteiger partial charge is 0.263 e. The van der Waals surface area contributed by atoms with Crippen LogP contribution in [0.15, 0.2) is 48.5 Å². The maximum atomic E-state index is 12.6.